The minimum Gasteiger partial charge on any atom is -0.398 e. The molecule has 0 bridgehead atoms. The van der Waals surface area contributed by atoms with Gasteiger partial charge in [-0.25, -0.2) is 0 Å². The second kappa shape index (κ2) is 2.90. The average molecular weight is 197 g/mol. The molecule has 0 aromatic carbocycles. The lowest BCUT2D eigenvalue weighted by atomic mass is 10.1. The zero-order chi connectivity index (χ0) is 16.1. The van der Waals surface area contributed by atoms with Crippen LogP contribution in [0.2, 0.25) is 0 Å². The Morgan fingerprint density at radius 1 is 1.54 bits per heavy atom. The van der Waals surface area contributed by atoms with E-state index in [-0.39, 0.29) is 0 Å². The van der Waals surface area contributed by atoms with Crippen molar-refractivity contribution in [2.45, 2.75) is 19.9 Å². The monoisotopic (exact) mass is 197 g/mol. The summed E-state index contributed by atoms with van der Waals surface area (Å²) < 4.78 is 88.1. The lowest BCUT2D eigenvalue weighted by Gasteiger charge is -2.11. The third kappa shape index (κ3) is 1.74. The number of alkyl halides is 3. The molecule has 0 spiro atoms. The Bertz CT molecular complexity index is 533. The highest BCUT2D eigenvalue weighted by Crippen LogP contribution is 2.32. The lowest BCUT2D eigenvalue weighted by Crippen LogP contribution is -2.12. The molecular formula is C8H9F3N2. The number of hydrogen-bond acceptors (Lipinski definition) is 2. The molecule has 0 atom stereocenters. The van der Waals surface area contributed by atoms with Crippen LogP contribution in [0.4, 0.5) is 18.9 Å². The summed E-state index contributed by atoms with van der Waals surface area (Å²) in [6.07, 6.45) is -6.39. The Kier molecular flexibility index (Phi) is 0.861. The summed E-state index contributed by atoms with van der Waals surface area (Å²) in [5.41, 5.74) is -0.0927. The van der Waals surface area contributed by atoms with Crippen LogP contribution in [0.3, 0.4) is 0 Å². The summed E-state index contributed by atoms with van der Waals surface area (Å²) in [7, 11) is 0. The first-order valence-corrected chi connectivity index (χ1v) is 3.05. The van der Waals surface area contributed by atoms with E-state index in [1.165, 1.54) is 0 Å². The van der Waals surface area contributed by atoms with Gasteiger partial charge in [0, 0.05) is 25.6 Å². The molecule has 1 aromatic rings. The molecule has 0 radical (unpaired) electrons. The largest absolute Gasteiger partial charge is 0.433 e. The van der Waals surface area contributed by atoms with Crippen LogP contribution in [0.15, 0.2) is 6.17 Å². The van der Waals surface area contributed by atoms with Gasteiger partial charge >= 0.3 is 6.18 Å². The fourth-order valence-electron chi connectivity index (χ4n) is 0.686. The predicted octanol–water partition coefficient (Wildman–Crippen LogP) is 2.30. The van der Waals surface area contributed by atoms with Crippen LogP contribution < -0.4 is 5.73 Å². The van der Waals surface area contributed by atoms with Gasteiger partial charge in [-0.1, -0.05) is 0 Å². The number of nitrogens with zero attached hydrogens (tertiary/aromatic N) is 1. The zero-order valence-electron chi connectivity index (χ0n) is 13.2. The third-order valence-electron chi connectivity index (χ3n) is 1.32. The van der Waals surface area contributed by atoms with Crippen LogP contribution in [0.1, 0.15) is 26.4 Å². The van der Waals surface area contributed by atoms with Gasteiger partial charge in [0.1, 0.15) is 5.69 Å². The Morgan fingerprint density at radius 3 is 2.69 bits per heavy atom. The van der Waals surface area contributed by atoms with Crippen LogP contribution in [0.25, 0.3) is 0 Å². The molecule has 13 heavy (non-hydrogen) atoms. The normalized spacial score (nSPS) is 21.6. The summed E-state index contributed by atoms with van der Waals surface area (Å²) in [4.78, 5) is 2.78. The van der Waals surface area contributed by atoms with E-state index in [2.05, 4.69) is 4.98 Å². The number of halogens is 3. The first-order chi connectivity index (χ1) is 8.67. The molecule has 0 saturated heterocycles. The maximum absolute atomic E-state index is 12.8. The van der Waals surface area contributed by atoms with E-state index in [0.717, 1.165) is 0 Å². The van der Waals surface area contributed by atoms with Gasteiger partial charge < -0.3 is 5.73 Å². The molecule has 1 aromatic heterocycles. The number of hydrogen-bond donors (Lipinski definition) is 1. The molecule has 0 unspecified atom stereocenters. The van der Waals surface area contributed by atoms with Crippen molar-refractivity contribution in [2.24, 2.45) is 0 Å². The topological polar surface area (TPSA) is 38.9 Å². The smallest absolute Gasteiger partial charge is 0.398 e. The van der Waals surface area contributed by atoms with Gasteiger partial charge in [0.15, 0.2) is 0 Å². The molecule has 72 valence electrons. The maximum Gasteiger partial charge on any atom is 0.433 e. The van der Waals surface area contributed by atoms with Crippen molar-refractivity contribution in [2.75, 3.05) is 5.73 Å². The summed E-state index contributed by atoms with van der Waals surface area (Å²) in [6, 6.07) is 0. The van der Waals surface area contributed by atoms with Crippen molar-refractivity contribution >= 4 is 5.69 Å². The quantitative estimate of drug-likeness (QED) is 0.693. The van der Waals surface area contributed by atoms with E-state index < -0.39 is 48.6 Å². The fourth-order valence-corrected chi connectivity index (χ4v) is 0.686. The number of anilines is 1. The first-order valence-electron chi connectivity index (χ1n) is 6.55. The Hall–Kier alpha value is -1.26. The van der Waals surface area contributed by atoms with Crippen molar-refractivity contribution in [3.05, 3.63) is 23.0 Å². The second-order valence-electron chi connectivity index (χ2n) is 2.23. The van der Waals surface area contributed by atoms with Crippen molar-refractivity contribution in [1.82, 2.24) is 4.98 Å². The minimum absolute atomic E-state index is 1.00. The fraction of sp³-hybridized carbons (Fsp3) is 0.375. The predicted molar refractivity (Wildman–Crippen MR) is 43.1 cm³/mol. The van der Waals surface area contributed by atoms with Gasteiger partial charge in [-0.15, -0.1) is 0 Å². The summed E-state index contributed by atoms with van der Waals surface area (Å²) in [6.45, 7) is -6.35. The molecule has 0 aliphatic rings. The number of aromatic nitrogens is 1. The van der Waals surface area contributed by atoms with Gasteiger partial charge in [-0.05, 0) is 19.3 Å². The SMILES string of the molecule is [2H]c1nc(C(F)(F)F)c(C([2H])([2H])[2H])c(N)c1C([2H])([2H])[2H]. The summed E-state index contributed by atoms with van der Waals surface area (Å²) >= 11 is 0. The molecule has 5 heteroatoms. The standard InChI is InChI=1S/C8H9F3N2/c1-4-3-13-7(8(9,10)11)5(2)6(4)12/h3H,1-2H3,(H2,12,13)/i1D3,2D3,3D. The van der Waals surface area contributed by atoms with E-state index >= 15 is 0 Å². The Labute approximate surface area is 83.4 Å². The highest BCUT2D eigenvalue weighted by atomic mass is 19.4. The Balaban J connectivity index is 3.86. The number of rotatable bonds is 0. The molecule has 0 amide bonds. The molecule has 1 heterocycles. The molecule has 0 fully saturated rings. The first kappa shape index (κ1) is 3.86. The van der Waals surface area contributed by atoms with Crippen LogP contribution in [0.5, 0.6) is 0 Å². The lowest BCUT2D eigenvalue weighted by molar-refractivity contribution is -0.141. The van der Waals surface area contributed by atoms with E-state index in [0.29, 0.717) is 0 Å². The third-order valence-corrected chi connectivity index (χ3v) is 1.32. The molecule has 1 rings (SSSR count). The molecule has 2 nitrogen and oxygen atoms in total. The van der Waals surface area contributed by atoms with Crippen molar-refractivity contribution in [3.8, 4) is 0 Å². The molecule has 0 aliphatic heterocycles. The molecular weight excluding hydrogens is 181 g/mol. The number of nitrogens with two attached hydrogens (primary N) is 1. The van der Waals surface area contributed by atoms with E-state index in [1.54, 1.807) is 0 Å². The zero-order valence-corrected chi connectivity index (χ0v) is 6.16. The molecule has 0 saturated carbocycles. The van der Waals surface area contributed by atoms with Crippen LogP contribution in [0, 0.1) is 13.7 Å². The highest BCUT2D eigenvalue weighted by molar-refractivity contribution is 5.53. The van der Waals surface area contributed by atoms with Gasteiger partial charge in [-0.2, -0.15) is 13.2 Å². The van der Waals surface area contributed by atoms with Gasteiger partial charge in [-0.3, -0.25) is 4.98 Å². The maximum atomic E-state index is 12.8. The van der Waals surface area contributed by atoms with E-state index in [1.807, 2.05) is 0 Å². The van der Waals surface area contributed by atoms with Gasteiger partial charge in [0.05, 0.1) is 1.37 Å². The van der Waals surface area contributed by atoms with Crippen molar-refractivity contribution in [1.29, 1.82) is 0 Å². The second-order valence-corrected chi connectivity index (χ2v) is 2.23. The average Bonchev–Trinajstić information content (AvgIpc) is 2.09. The van der Waals surface area contributed by atoms with E-state index in [4.69, 9.17) is 15.3 Å². The van der Waals surface area contributed by atoms with E-state index in [9.17, 15) is 13.2 Å². The summed E-state index contributed by atoms with van der Waals surface area (Å²) in [5, 5.41) is 0. The molecule has 2 N–H and O–H groups in total. The minimum atomic E-state index is -5.17. The number of nitrogen functional groups attached to an aromatic ring is 1. The van der Waals surface area contributed by atoms with Crippen LogP contribution in [-0.4, -0.2) is 4.98 Å². The van der Waals surface area contributed by atoms with Gasteiger partial charge in [0.2, 0.25) is 0 Å². The Morgan fingerprint density at radius 2 is 2.23 bits per heavy atom. The van der Waals surface area contributed by atoms with Crippen molar-refractivity contribution < 1.29 is 22.8 Å². The van der Waals surface area contributed by atoms with Crippen LogP contribution in [-0.2, 0) is 6.18 Å². The highest BCUT2D eigenvalue weighted by Gasteiger charge is 2.35. The van der Waals surface area contributed by atoms with Gasteiger partial charge in [0.25, 0.3) is 0 Å². The summed E-state index contributed by atoms with van der Waals surface area (Å²) in [5.74, 6) is 0. The van der Waals surface area contributed by atoms with Crippen molar-refractivity contribution in [3.63, 3.8) is 0 Å². The number of pyridine rings is 1. The van der Waals surface area contributed by atoms with Crippen LogP contribution >= 0.6 is 0 Å². The molecule has 0 aliphatic carbocycles.